The summed E-state index contributed by atoms with van der Waals surface area (Å²) >= 11 is 0. The molecule has 1 aromatic carbocycles. The van der Waals surface area contributed by atoms with E-state index in [0.717, 1.165) is 12.8 Å². The highest BCUT2D eigenvalue weighted by molar-refractivity contribution is 6.22. The van der Waals surface area contributed by atoms with E-state index in [9.17, 15) is 19.2 Å². The van der Waals surface area contributed by atoms with Crippen LogP contribution in [0.15, 0.2) is 18.2 Å². The summed E-state index contributed by atoms with van der Waals surface area (Å²) in [5.74, 6) is -2.29. The Balaban J connectivity index is 1.71. The van der Waals surface area contributed by atoms with E-state index in [4.69, 9.17) is 5.11 Å². The number of carbonyl (C=O) groups excluding carboxylic acids is 3. The van der Waals surface area contributed by atoms with Crippen molar-refractivity contribution in [1.29, 1.82) is 0 Å². The van der Waals surface area contributed by atoms with Gasteiger partial charge >= 0.3 is 5.97 Å². The molecule has 1 aliphatic carbocycles. The topological polar surface area (TPSA) is 104 Å². The summed E-state index contributed by atoms with van der Waals surface area (Å²) in [6, 6.07) is 4.33. The van der Waals surface area contributed by atoms with Crippen molar-refractivity contribution in [2.24, 2.45) is 5.92 Å². The minimum atomic E-state index is -0.837. The van der Waals surface area contributed by atoms with Crippen LogP contribution in [0.4, 0.5) is 0 Å². The molecule has 1 aromatic rings. The maximum atomic E-state index is 12.5. The molecule has 138 valence electrons. The van der Waals surface area contributed by atoms with Crippen molar-refractivity contribution in [1.82, 2.24) is 10.2 Å². The van der Waals surface area contributed by atoms with Crippen LogP contribution in [0.25, 0.3) is 0 Å². The number of nitrogens with zero attached hydrogens (tertiary/aromatic N) is 1. The van der Waals surface area contributed by atoms with Crippen molar-refractivity contribution >= 4 is 23.7 Å². The Morgan fingerprint density at radius 3 is 2.58 bits per heavy atom. The molecule has 2 N–H and O–H groups in total. The number of hydrogen-bond acceptors (Lipinski definition) is 4. The van der Waals surface area contributed by atoms with E-state index in [0.29, 0.717) is 36.9 Å². The third kappa shape index (κ3) is 3.34. The molecule has 0 aromatic heterocycles. The van der Waals surface area contributed by atoms with Gasteiger partial charge in [-0.3, -0.25) is 24.1 Å². The zero-order valence-corrected chi connectivity index (χ0v) is 14.7. The fourth-order valence-electron chi connectivity index (χ4n) is 3.56. The van der Waals surface area contributed by atoms with Crippen molar-refractivity contribution < 1.29 is 24.3 Å². The lowest BCUT2D eigenvalue weighted by molar-refractivity contribution is -0.141. The molecule has 3 rings (SSSR count). The van der Waals surface area contributed by atoms with Crippen LogP contribution in [0.1, 0.15) is 70.1 Å². The minimum absolute atomic E-state index is 0.185. The van der Waals surface area contributed by atoms with Crippen molar-refractivity contribution in [2.45, 2.75) is 45.1 Å². The molecule has 7 heteroatoms. The van der Waals surface area contributed by atoms with Gasteiger partial charge in [0.25, 0.3) is 17.7 Å². The molecule has 3 amide bonds. The molecule has 1 aliphatic heterocycles. The molecule has 1 heterocycles. The number of imide groups is 1. The van der Waals surface area contributed by atoms with Gasteiger partial charge in [-0.05, 0) is 43.9 Å². The summed E-state index contributed by atoms with van der Waals surface area (Å²) in [6.45, 7) is 2.36. The number of benzene rings is 1. The number of hydrogen-bond donors (Lipinski definition) is 2. The molecular formula is C19H22N2O5. The summed E-state index contributed by atoms with van der Waals surface area (Å²) in [5.41, 5.74) is 0.893. The Kier molecular flexibility index (Phi) is 5.06. The smallest absolute Gasteiger partial charge is 0.306 e. The van der Waals surface area contributed by atoms with Gasteiger partial charge in [0, 0.05) is 18.2 Å². The lowest BCUT2D eigenvalue weighted by atomic mass is 10.0. The fraction of sp³-hybridized carbons (Fsp3) is 0.474. The molecule has 7 nitrogen and oxygen atoms in total. The standard InChI is InChI=1S/C19H22N2O5/c1-2-3-8-21-17(23)14-7-5-11(10-15(14)18(21)24)16(22)20-13-6-4-12(9-13)19(25)26/h5,7,10,12-13H,2-4,6,8-9H2,1H3,(H,20,22)(H,25,26)/t12-,13+/m0/s1. The van der Waals surface area contributed by atoms with Crippen LogP contribution in [0, 0.1) is 5.92 Å². The van der Waals surface area contributed by atoms with Crippen LogP contribution >= 0.6 is 0 Å². The van der Waals surface area contributed by atoms with E-state index in [1.807, 2.05) is 6.92 Å². The van der Waals surface area contributed by atoms with Gasteiger partial charge < -0.3 is 10.4 Å². The first-order valence-electron chi connectivity index (χ1n) is 8.96. The summed E-state index contributed by atoms with van der Waals surface area (Å²) in [7, 11) is 0. The third-order valence-electron chi connectivity index (χ3n) is 5.09. The summed E-state index contributed by atoms with van der Waals surface area (Å²) in [5, 5.41) is 11.9. The van der Waals surface area contributed by atoms with Gasteiger partial charge in [0.2, 0.25) is 0 Å². The molecule has 2 atom stereocenters. The molecule has 1 saturated carbocycles. The van der Waals surface area contributed by atoms with Gasteiger partial charge in [-0.1, -0.05) is 13.3 Å². The predicted octanol–water partition coefficient (Wildman–Crippen LogP) is 2.07. The largest absolute Gasteiger partial charge is 0.481 e. The molecule has 0 spiro atoms. The van der Waals surface area contributed by atoms with Gasteiger partial charge in [-0.2, -0.15) is 0 Å². The normalized spacial score (nSPS) is 21.8. The van der Waals surface area contributed by atoms with Crippen LogP contribution in [0.2, 0.25) is 0 Å². The second kappa shape index (κ2) is 7.27. The number of rotatable bonds is 6. The number of aliphatic carboxylic acids is 1. The molecule has 2 aliphatic rings. The van der Waals surface area contributed by atoms with Crippen molar-refractivity contribution in [3.8, 4) is 0 Å². The van der Waals surface area contributed by atoms with E-state index >= 15 is 0 Å². The predicted molar refractivity (Wildman–Crippen MR) is 92.9 cm³/mol. The van der Waals surface area contributed by atoms with Gasteiger partial charge in [-0.25, -0.2) is 0 Å². The molecule has 0 saturated heterocycles. The number of carbonyl (C=O) groups is 4. The second-order valence-electron chi connectivity index (χ2n) is 6.89. The van der Waals surface area contributed by atoms with Crippen LogP contribution in [-0.2, 0) is 4.79 Å². The van der Waals surface area contributed by atoms with Crippen LogP contribution < -0.4 is 5.32 Å². The SMILES string of the molecule is CCCCN1C(=O)c2ccc(C(=O)N[C@@H]3CC[C@H](C(=O)O)C3)cc2C1=O. The lowest BCUT2D eigenvalue weighted by Gasteiger charge is -2.13. The van der Waals surface area contributed by atoms with Crippen molar-refractivity contribution in [2.75, 3.05) is 6.54 Å². The number of fused-ring (bicyclic) bond motifs is 1. The molecule has 0 bridgehead atoms. The second-order valence-corrected chi connectivity index (χ2v) is 6.89. The zero-order chi connectivity index (χ0) is 18.8. The first-order valence-corrected chi connectivity index (χ1v) is 8.96. The summed E-state index contributed by atoms with van der Waals surface area (Å²) < 4.78 is 0. The van der Waals surface area contributed by atoms with Crippen LogP contribution in [-0.4, -0.2) is 46.3 Å². The third-order valence-corrected chi connectivity index (χ3v) is 5.09. The van der Waals surface area contributed by atoms with E-state index in [2.05, 4.69) is 5.32 Å². The van der Waals surface area contributed by atoms with Crippen molar-refractivity contribution in [3.63, 3.8) is 0 Å². The Labute approximate surface area is 151 Å². The Bertz CT molecular complexity index is 773. The fourth-order valence-corrected chi connectivity index (χ4v) is 3.56. The monoisotopic (exact) mass is 358 g/mol. The zero-order valence-electron chi connectivity index (χ0n) is 14.7. The number of amides is 3. The molecule has 1 fully saturated rings. The highest BCUT2D eigenvalue weighted by Crippen LogP contribution is 2.27. The summed E-state index contributed by atoms with van der Waals surface area (Å²) in [6.07, 6.45) is 3.19. The average molecular weight is 358 g/mol. The molecule has 26 heavy (non-hydrogen) atoms. The van der Waals surface area contributed by atoms with E-state index in [1.165, 1.54) is 23.1 Å². The van der Waals surface area contributed by atoms with Gasteiger partial charge in [0.05, 0.1) is 17.0 Å². The van der Waals surface area contributed by atoms with Gasteiger partial charge in [0.15, 0.2) is 0 Å². The summed E-state index contributed by atoms with van der Waals surface area (Å²) in [4.78, 5) is 49.5. The van der Waals surface area contributed by atoms with Gasteiger partial charge in [-0.15, -0.1) is 0 Å². The van der Waals surface area contributed by atoms with Crippen LogP contribution in [0.5, 0.6) is 0 Å². The van der Waals surface area contributed by atoms with E-state index in [-0.39, 0.29) is 29.3 Å². The van der Waals surface area contributed by atoms with Crippen molar-refractivity contribution in [3.05, 3.63) is 34.9 Å². The van der Waals surface area contributed by atoms with E-state index in [1.54, 1.807) is 0 Å². The Hall–Kier alpha value is -2.70. The first-order chi connectivity index (χ1) is 12.4. The number of carboxylic acid groups (broad SMARTS) is 1. The molecule has 0 radical (unpaired) electrons. The number of carboxylic acids is 1. The van der Waals surface area contributed by atoms with Crippen LogP contribution in [0.3, 0.4) is 0 Å². The number of unbranched alkanes of at least 4 members (excludes halogenated alkanes) is 1. The lowest BCUT2D eigenvalue weighted by Crippen LogP contribution is -2.33. The van der Waals surface area contributed by atoms with Gasteiger partial charge in [0.1, 0.15) is 0 Å². The maximum absolute atomic E-state index is 12.5. The average Bonchev–Trinajstić information content (AvgIpc) is 3.17. The highest BCUT2D eigenvalue weighted by atomic mass is 16.4. The Morgan fingerprint density at radius 2 is 1.92 bits per heavy atom. The highest BCUT2D eigenvalue weighted by Gasteiger charge is 2.36. The molecule has 0 unspecified atom stereocenters. The Morgan fingerprint density at radius 1 is 1.19 bits per heavy atom. The quantitative estimate of drug-likeness (QED) is 0.758. The maximum Gasteiger partial charge on any atom is 0.306 e. The van der Waals surface area contributed by atoms with E-state index < -0.39 is 11.9 Å². The minimum Gasteiger partial charge on any atom is -0.481 e. The number of nitrogens with one attached hydrogen (secondary N) is 1. The first kappa shape index (κ1) is 18.1. The molecular weight excluding hydrogens is 336 g/mol.